The highest BCUT2D eigenvalue weighted by Crippen LogP contribution is 2.37. The first-order chi connectivity index (χ1) is 13.7. The Balaban J connectivity index is 1.31. The lowest BCUT2D eigenvalue weighted by atomic mass is 10.0. The first-order valence-electron chi connectivity index (χ1n) is 9.43. The number of carbonyl (C=O) groups is 1. The Hall–Kier alpha value is -1.96. The minimum atomic E-state index is -0.180. The smallest absolute Gasteiger partial charge is 0.315 e. The molecule has 0 bridgehead atoms. The van der Waals surface area contributed by atoms with E-state index < -0.39 is 0 Å². The summed E-state index contributed by atoms with van der Waals surface area (Å²) in [6.45, 7) is 3.63. The van der Waals surface area contributed by atoms with Crippen molar-refractivity contribution in [2.45, 2.75) is 23.9 Å². The topological polar surface area (TPSA) is 66.5 Å². The Kier molecular flexibility index (Phi) is 6.24. The molecule has 2 amide bonds. The number of hydrogen-bond acceptors (Lipinski definition) is 5. The van der Waals surface area contributed by atoms with Crippen LogP contribution in [-0.2, 0) is 11.3 Å². The molecule has 28 heavy (non-hydrogen) atoms. The summed E-state index contributed by atoms with van der Waals surface area (Å²) >= 11 is 7.93. The van der Waals surface area contributed by atoms with Gasteiger partial charge in [0.1, 0.15) is 5.82 Å². The maximum atomic E-state index is 12.4. The van der Waals surface area contributed by atoms with Gasteiger partial charge in [-0.2, -0.15) is 0 Å². The minimum absolute atomic E-state index is 0.0169. The molecule has 148 valence electrons. The van der Waals surface area contributed by atoms with E-state index in [0.29, 0.717) is 11.6 Å². The highest BCUT2D eigenvalue weighted by atomic mass is 35.5. The molecule has 6 nitrogen and oxygen atoms in total. The number of nitrogens with one attached hydrogen (secondary N) is 2. The van der Waals surface area contributed by atoms with Gasteiger partial charge >= 0.3 is 6.03 Å². The summed E-state index contributed by atoms with van der Waals surface area (Å²) < 4.78 is 5.37. The van der Waals surface area contributed by atoms with E-state index in [1.54, 1.807) is 11.8 Å². The maximum Gasteiger partial charge on any atom is 0.315 e. The molecule has 0 aliphatic carbocycles. The predicted molar refractivity (Wildman–Crippen MR) is 112 cm³/mol. The zero-order valence-electron chi connectivity index (χ0n) is 15.5. The van der Waals surface area contributed by atoms with E-state index in [0.717, 1.165) is 55.4 Å². The number of benzene rings is 1. The molecule has 2 aliphatic heterocycles. The summed E-state index contributed by atoms with van der Waals surface area (Å²) in [5, 5.41) is 6.69. The molecule has 2 aliphatic rings. The van der Waals surface area contributed by atoms with Gasteiger partial charge in [-0.05, 0) is 41.8 Å². The van der Waals surface area contributed by atoms with Gasteiger partial charge in [-0.25, -0.2) is 9.78 Å². The number of ether oxygens (including phenoxy) is 1. The first kappa shape index (κ1) is 19.4. The zero-order chi connectivity index (χ0) is 19.3. The van der Waals surface area contributed by atoms with E-state index in [1.807, 2.05) is 36.5 Å². The van der Waals surface area contributed by atoms with Gasteiger partial charge in [0, 0.05) is 41.5 Å². The number of thioether (sulfide) groups is 1. The number of hydrogen-bond donors (Lipinski definition) is 2. The van der Waals surface area contributed by atoms with Crippen molar-refractivity contribution in [3.63, 3.8) is 0 Å². The monoisotopic (exact) mass is 418 g/mol. The van der Waals surface area contributed by atoms with Gasteiger partial charge < -0.3 is 20.3 Å². The summed E-state index contributed by atoms with van der Waals surface area (Å²) in [5.41, 5.74) is 2.06. The fourth-order valence-electron chi connectivity index (χ4n) is 3.41. The third kappa shape index (κ3) is 4.71. The molecule has 0 unspecified atom stereocenters. The average Bonchev–Trinajstić information content (AvgIpc) is 2.74. The Bertz CT molecular complexity index is 827. The van der Waals surface area contributed by atoms with Crippen molar-refractivity contribution >= 4 is 35.2 Å². The number of urea groups is 1. The quantitative estimate of drug-likeness (QED) is 0.794. The van der Waals surface area contributed by atoms with Crippen molar-refractivity contribution in [2.75, 3.05) is 37.0 Å². The van der Waals surface area contributed by atoms with E-state index >= 15 is 0 Å². The number of aromatic nitrogens is 1. The summed E-state index contributed by atoms with van der Waals surface area (Å²) in [6.07, 6.45) is 2.71. The van der Waals surface area contributed by atoms with Gasteiger partial charge in [0.2, 0.25) is 0 Å². The van der Waals surface area contributed by atoms with Crippen LogP contribution in [0.15, 0.2) is 41.4 Å². The molecule has 3 heterocycles. The summed E-state index contributed by atoms with van der Waals surface area (Å²) in [6, 6.07) is 9.67. The third-order valence-electron chi connectivity index (χ3n) is 4.91. The number of rotatable bonds is 4. The van der Waals surface area contributed by atoms with Gasteiger partial charge in [0.05, 0.1) is 19.3 Å². The number of fused-ring (bicyclic) bond motifs is 1. The molecule has 1 fully saturated rings. The number of nitrogens with zero attached hydrogens (tertiary/aromatic N) is 2. The number of pyridine rings is 1. The second-order valence-corrected chi connectivity index (χ2v) is 8.40. The Morgan fingerprint density at radius 1 is 1.29 bits per heavy atom. The van der Waals surface area contributed by atoms with Crippen LogP contribution in [0.1, 0.15) is 23.6 Å². The molecular formula is C20H23ClN4O2S. The Morgan fingerprint density at radius 2 is 2.14 bits per heavy atom. The van der Waals surface area contributed by atoms with Crippen molar-refractivity contribution in [2.24, 2.45) is 0 Å². The van der Waals surface area contributed by atoms with Crippen molar-refractivity contribution in [3.8, 4) is 0 Å². The van der Waals surface area contributed by atoms with Gasteiger partial charge in [0.25, 0.3) is 0 Å². The lowest BCUT2D eigenvalue weighted by Gasteiger charge is -2.27. The second kappa shape index (κ2) is 9.03. The van der Waals surface area contributed by atoms with Crippen LogP contribution >= 0.6 is 23.4 Å². The molecule has 1 aromatic carbocycles. The third-order valence-corrected chi connectivity index (χ3v) is 6.27. The number of anilines is 1. The van der Waals surface area contributed by atoms with Crippen LogP contribution < -0.4 is 15.5 Å². The second-order valence-electron chi connectivity index (χ2n) is 6.82. The molecule has 2 aromatic rings. The molecule has 2 N–H and O–H groups in total. The summed E-state index contributed by atoms with van der Waals surface area (Å²) in [5.74, 6) is 1.93. The van der Waals surface area contributed by atoms with Gasteiger partial charge in [-0.15, -0.1) is 11.8 Å². The van der Waals surface area contributed by atoms with Crippen LogP contribution in [0.2, 0.25) is 5.02 Å². The van der Waals surface area contributed by atoms with Crippen LogP contribution in [-0.4, -0.2) is 43.1 Å². The van der Waals surface area contributed by atoms with Crippen molar-refractivity contribution in [3.05, 3.63) is 52.7 Å². The normalized spacial score (nSPS) is 19.0. The number of halogens is 1. The van der Waals surface area contributed by atoms with E-state index in [4.69, 9.17) is 16.3 Å². The van der Waals surface area contributed by atoms with E-state index in [9.17, 15) is 4.79 Å². The fraction of sp³-hybridized carbons (Fsp3) is 0.400. The zero-order valence-corrected chi connectivity index (χ0v) is 17.1. The van der Waals surface area contributed by atoms with Crippen LogP contribution in [0.4, 0.5) is 10.6 Å². The van der Waals surface area contributed by atoms with Gasteiger partial charge in [-0.1, -0.05) is 17.7 Å². The van der Waals surface area contributed by atoms with Gasteiger partial charge in [-0.3, -0.25) is 0 Å². The van der Waals surface area contributed by atoms with Crippen LogP contribution in [0.3, 0.4) is 0 Å². The highest BCUT2D eigenvalue weighted by molar-refractivity contribution is 7.99. The van der Waals surface area contributed by atoms with E-state index in [2.05, 4.69) is 20.5 Å². The first-order valence-corrected chi connectivity index (χ1v) is 10.8. The minimum Gasteiger partial charge on any atom is -0.378 e. The van der Waals surface area contributed by atoms with Crippen LogP contribution in [0.5, 0.6) is 0 Å². The largest absolute Gasteiger partial charge is 0.378 e. The SMILES string of the molecule is O=C(NCc1ccc(N2CCOCC2)nc1)N[C@@H]1CCSc2ccc(Cl)cc21. The Morgan fingerprint density at radius 3 is 2.93 bits per heavy atom. The van der Waals surface area contributed by atoms with Crippen molar-refractivity contribution in [1.29, 1.82) is 0 Å². The highest BCUT2D eigenvalue weighted by Gasteiger charge is 2.22. The summed E-state index contributed by atoms with van der Waals surface area (Å²) in [4.78, 5) is 20.3. The predicted octanol–water partition coefficient (Wildman–Crippen LogP) is 3.61. The standard InChI is InChI=1S/C20H23ClN4O2S/c21-15-2-3-18-16(11-15)17(5-10-28-18)24-20(26)23-13-14-1-4-19(22-12-14)25-6-8-27-9-7-25/h1-4,11-12,17H,5-10,13H2,(H2,23,24,26)/t17-/m1/s1. The molecule has 0 saturated carbocycles. The van der Waals surface area contributed by atoms with Crippen molar-refractivity contribution < 1.29 is 9.53 Å². The molecule has 1 saturated heterocycles. The average molecular weight is 419 g/mol. The molecule has 1 aromatic heterocycles. The molecule has 0 spiro atoms. The fourth-order valence-corrected chi connectivity index (χ4v) is 4.69. The summed E-state index contributed by atoms with van der Waals surface area (Å²) in [7, 11) is 0. The molecule has 8 heteroatoms. The lowest BCUT2D eigenvalue weighted by molar-refractivity contribution is 0.122. The Labute approximate surface area is 174 Å². The van der Waals surface area contributed by atoms with Gasteiger partial charge in [0.15, 0.2) is 0 Å². The van der Waals surface area contributed by atoms with E-state index in [1.165, 1.54) is 4.90 Å². The lowest BCUT2D eigenvalue weighted by Crippen LogP contribution is -2.38. The molecule has 4 rings (SSSR count). The van der Waals surface area contributed by atoms with E-state index in [-0.39, 0.29) is 12.1 Å². The molecule has 1 atom stereocenters. The van der Waals surface area contributed by atoms with Crippen LogP contribution in [0.25, 0.3) is 0 Å². The molecular weight excluding hydrogens is 396 g/mol. The van der Waals surface area contributed by atoms with Crippen molar-refractivity contribution in [1.82, 2.24) is 15.6 Å². The number of morpholine rings is 1. The number of carbonyl (C=O) groups excluding carboxylic acids is 1. The van der Waals surface area contributed by atoms with Crippen LogP contribution in [0, 0.1) is 0 Å². The molecule has 0 radical (unpaired) electrons. The maximum absolute atomic E-state index is 12.4. The number of amides is 2.